The molecule has 24 heavy (non-hydrogen) atoms. The molecule has 136 valence electrons. The van der Waals surface area contributed by atoms with E-state index in [-0.39, 0.29) is 0 Å². The van der Waals surface area contributed by atoms with Crippen molar-refractivity contribution in [3.63, 3.8) is 0 Å². The number of hydrogen-bond donors (Lipinski definition) is 1. The van der Waals surface area contributed by atoms with E-state index >= 15 is 0 Å². The monoisotopic (exact) mass is 331 g/mol. The predicted molar refractivity (Wildman–Crippen MR) is 102 cm³/mol. The molecule has 2 heteroatoms. The van der Waals surface area contributed by atoms with Crippen LogP contribution in [-0.4, -0.2) is 25.8 Å². The van der Waals surface area contributed by atoms with E-state index in [1.54, 1.807) is 0 Å². The van der Waals surface area contributed by atoms with Gasteiger partial charge in [-0.3, -0.25) is 0 Å². The van der Waals surface area contributed by atoms with Gasteiger partial charge in [0.25, 0.3) is 0 Å². The minimum atomic E-state index is 0.584. The Bertz CT molecular complexity index is 433. The molecular formula is C22H37NO. The molecule has 0 aromatic rings. The fraction of sp³-hybridized carbons (Fsp3) is 0.818. The lowest BCUT2D eigenvalue weighted by molar-refractivity contribution is -0.125. The maximum Gasteiger partial charge on any atom is 0.0632 e. The fourth-order valence-electron chi connectivity index (χ4n) is 5.45. The molecule has 0 aromatic carbocycles. The molecule has 4 aliphatic rings. The van der Waals surface area contributed by atoms with Crippen LogP contribution in [0.4, 0.5) is 0 Å². The van der Waals surface area contributed by atoms with Crippen molar-refractivity contribution in [1.29, 1.82) is 0 Å². The average molecular weight is 332 g/mol. The molecule has 4 aliphatic carbocycles. The molecule has 4 fully saturated rings. The fourth-order valence-corrected chi connectivity index (χ4v) is 5.45. The molecule has 0 aliphatic heterocycles. The summed E-state index contributed by atoms with van der Waals surface area (Å²) in [5.74, 6) is 3.87. The molecule has 4 saturated carbocycles. The van der Waals surface area contributed by atoms with E-state index in [4.69, 9.17) is 4.74 Å². The topological polar surface area (TPSA) is 21.3 Å². The molecule has 0 atom stereocenters. The molecule has 4 bridgehead atoms. The number of rotatable bonds is 9. The van der Waals surface area contributed by atoms with E-state index in [0.717, 1.165) is 43.4 Å². The average Bonchev–Trinajstić information content (AvgIpc) is 2.51. The van der Waals surface area contributed by atoms with Gasteiger partial charge in [0.1, 0.15) is 0 Å². The Morgan fingerprint density at radius 2 is 1.62 bits per heavy atom. The van der Waals surface area contributed by atoms with Crippen molar-refractivity contribution in [2.45, 2.75) is 71.8 Å². The van der Waals surface area contributed by atoms with E-state index in [2.05, 4.69) is 38.2 Å². The highest BCUT2D eigenvalue weighted by Crippen LogP contribution is 2.54. The quantitative estimate of drug-likeness (QED) is 0.468. The van der Waals surface area contributed by atoms with Crippen molar-refractivity contribution in [1.82, 2.24) is 5.32 Å². The zero-order valence-electron chi connectivity index (χ0n) is 16.0. The second kappa shape index (κ2) is 8.67. The molecule has 0 unspecified atom stereocenters. The van der Waals surface area contributed by atoms with Gasteiger partial charge in [-0.2, -0.15) is 0 Å². The number of nitrogens with one attached hydrogen (secondary N) is 1. The number of hydrogen-bond acceptors (Lipinski definition) is 2. The van der Waals surface area contributed by atoms with Gasteiger partial charge in [-0.1, -0.05) is 23.3 Å². The van der Waals surface area contributed by atoms with Crippen LogP contribution in [0, 0.1) is 23.7 Å². The summed E-state index contributed by atoms with van der Waals surface area (Å²) in [5, 5.41) is 3.52. The summed E-state index contributed by atoms with van der Waals surface area (Å²) in [6, 6.07) is 0. The number of ether oxygens (including phenoxy) is 1. The highest BCUT2D eigenvalue weighted by atomic mass is 16.5. The lowest BCUT2D eigenvalue weighted by Gasteiger charge is -2.54. The Morgan fingerprint density at radius 3 is 2.25 bits per heavy atom. The molecule has 0 radical (unpaired) electrons. The van der Waals surface area contributed by atoms with Gasteiger partial charge in [-0.15, -0.1) is 0 Å². The van der Waals surface area contributed by atoms with E-state index in [1.807, 2.05) is 0 Å². The maximum atomic E-state index is 6.33. The SMILES string of the molecule is CC(C)=CCC/C(C)=C/CNCCOC1C2CC3CC(C2)CC1C3. The van der Waals surface area contributed by atoms with Gasteiger partial charge in [-0.05, 0) is 89.4 Å². The van der Waals surface area contributed by atoms with Crippen LogP contribution >= 0.6 is 0 Å². The largest absolute Gasteiger partial charge is 0.376 e. The molecule has 2 nitrogen and oxygen atoms in total. The summed E-state index contributed by atoms with van der Waals surface area (Å²) in [7, 11) is 0. The van der Waals surface area contributed by atoms with Crippen molar-refractivity contribution >= 4 is 0 Å². The first kappa shape index (κ1) is 18.2. The van der Waals surface area contributed by atoms with Gasteiger partial charge >= 0.3 is 0 Å². The molecule has 4 rings (SSSR count). The molecule has 0 saturated heterocycles. The Kier molecular flexibility index (Phi) is 6.57. The van der Waals surface area contributed by atoms with Crippen molar-refractivity contribution < 1.29 is 4.74 Å². The third-order valence-electron chi connectivity index (χ3n) is 6.42. The van der Waals surface area contributed by atoms with Gasteiger partial charge in [-0.25, -0.2) is 0 Å². The second-order valence-corrected chi connectivity index (χ2v) is 8.84. The maximum absolute atomic E-state index is 6.33. The van der Waals surface area contributed by atoms with E-state index in [0.29, 0.717) is 6.10 Å². The van der Waals surface area contributed by atoms with Crippen LogP contribution in [0.2, 0.25) is 0 Å². The standard InChI is InChI=1S/C22H37NO/c1-16(2)5-4-6-17(3)7-8-23-9-10-24-22-20-12-18-11-19(14-20)15-21(22)13-18/h5,7,18-23H,4,6,8-15H2,1-3H3/b17-7+. The molecule has 1 N–H and O–H groups in total. The van der Waals surface area contributed by atoms with Crippen LogP contribution in [0.15, 0.2) is 23.3 Å². The summed E-state index contributed by atoms with van der Waals surface area (Å²) in [5.41, 5.74) is 2.91. The van der Waals surface area contributed by atoms with Crippen molar-refractivity contribution in [2.75, 3.05) is 19.7 Å². The van der Waals surface area contributed by atoms with Gasteiger partial charge in [0.05, 0.1) is 12.7 Å². The van der Waals surface area contributed by atoms with Crippen LogP contribution < -0.4 is 5.32 Å². The number of allylic oxidation sites excluding steroid dienone is 3. The minimum absolute atomic E-state index is 0.584. The van der Waals surface area contributed by atoms with Gasteiger partial charge in [0.2, 0.25) is 0 Å². The summed E-state index contributed by atoms with van der Waals surface area (Å²) in [6.07, 6.45) is 14.9. The zero-order valence-corrected chi connectivity index (χ0v) is 16.0. The summed E-state index contributed by atoms with van der Waals surface area (Å²) < 4.78 is 6.33. The smallest absolute Gasteiger partial charge is 0.0632 e. The normalized spacial score (nSPS) is 34.6. The summed E-state index contributed by atoms with van der Waals surface area (Å²) >= 11 is 0. The van der Waals surface area contributed by atoms with Gasteiger partial charge in [0, 0.05) is 13.1 Å². The van der Waals surface area contributed by atoms with Crippen molar-refractivity contribution in [3.05, 3.63) is 23.3 Å². The second-order valence-electron chi connectivity index (χ2n) is 8.84. The first-order chi connectivity index (χ1) is 11.6. The van der Waals surface area contributed by atoms with Crippen LogP contribution in [0.1, 0.15) is 65.7 Å². The Morgan fingerprint density at radius 1 is 0.958 bits per heavy atom. The first-order valence-electron chi connectivity index (χ1n) is 10.2. The lowest BCUT2D eigenvalue weighted by Crippen LogP contribution is -2.49. The summed E-state index contributed by atoms with van der Waals surface area (Å²) in [4.78, 5) is 0. The van der Waals surface area contributed by atoms with Crippen LogP contribution in [0.3, 0.4) is 0 Å². The molecule has 0 aromatic heterocycles. The molecule has 0 heterocycles. The third kappa shape index (κ3) is 4.95. The third-order valence-corrected chi connectivity index (χ3v) is 6.42. The van der Waals surface area contributed by atoms with Crippen LogP contribution in [0.5, 0.6) is 0 Å². The first-order valence-corrected chi connectivity index (χ1v) is 10.2. The van der Waals surface area contributed by atoms with Crippen LogP contribution in [0.25, 0.3) is 0 Å². The predicted octanol–water partition coefficient (Wildman–Crippen LogP) is 5.11. The van der Waals surface area contributed by atoms with Gasteiger partial charge < -0.3 is 10.1 Å². The zero-order chi connectivity index (χ0) is 16.9. The Balaban J connectivity index is 1.27. The van der Waals surface area contributed by atoms with Crippen molar-refractivity contribution in [3.8, 4) is 0 Å². The van der Waals surface area contributed by atoms with Crippen molar-refractivity contribution in [2.24, 2.45) is 23.7 Å². The Labute approximate surface area is 149 Å². The lowest BCUT2D eigenvalue weighted by atomic mass is 9.55. The molecule has 0 amide bonds. The van der Waals surface area contributed by atoms with Gasteiger partial charge in [0.15, 0.2) is 0 Å². The summed E-state index contributed by atoms with van der Waals surface area (Å²) in [6.45, 7) is 9.43. The van der Waals surface area contributed by atoms with E-state index < -0.39 is 0 Å². The van der Waals surface area contributed by atoms with E-state index in [9.17, 15) is 0 Å². The minimum Gasteiger partial charge on any atom is -0.376 e. The molecular weight excluding hydrogens is 294 g/mol. The van der Waals surface area contributed by atoms with Crippen LogP contribution in [-0.2, 0) is 4.74 Å². The highest BCUT2D eigenvalue weighted by molar-refractivity contribution is 5.03. The highest BCUT2D eigenvalue weighted by Gasteiger charge is 2.48. The molecule has 0 spiro atoms. The Hall–Kier alpha value is -0.600. The van der Waals surface area contributed by atoms with E-state index in [1.165, 1.54) is 56.1 Å².